The molecule has 3 rings (SSSR count). The van der Waals surface area contributed by atoms with Gasteiger partial charge in [0.25, 0.3) is 5.69 Å². The van der Waals surface area contributed by atoms with E-state index < -0.39 is 21.1 Å². The maximum atomic E-state index is 12.9. The number of ether oxygens (including phenoxy) is 1. The fourth-order valence-corrected chi connectivity index (χ4v) is 4.58. The molecular formula is C17H16N4O5S. The van der Waals surface area contributed by atoms with E-state index in [1.165, 1.54) is 28.7 Å². The number of sulfonamides is 1. The first kappa shape index (κ1) is 18.8. The van der Waals surface area contributed by atoms with Gasteiger partial charge in [0.15, 0.2) is 0 Å². The Balaban J connectivity index is 1.79. The van der Waals surface area contributed by atoms with Crippen molar-refractivity contribution in [2.24, 2.45) is 0 Å². The van der Waals surface area contributed by atoms with Crippen LogP contribution in [0.3, 0.4) is 0 Å². The highest BCUT2D eigenvalue weighted by Gasteiger charge is 2.35. The van der Waals surface area contributed by atoms with Crippen LogP contribution in [0.1, 0.15) is 17.5 Å². The molecule has 1 aromatic heterocycles. The summed E-state index contributed by atoms with van der Waals surface area (Å²) >= 11 is 0. The number of nitro groups is 1. The van der Waals surface area contributed by atoms with Gasteiger partial charge in [-0.05, 0) is 25.0 Å². The molecule has 27 heavy (non-hydrogen) atoms. The third-order valence-corrected chi connectivity index (χ3v) is 6.27. The Bertz CT molecular complexity index is 1030. The molecule has 1 unspecified atom stereocenters. The van der Waals surface area contributed by atoms with Gasteiger partial charge in [0.2, 0.25) is 15.9 Å². The molecule has 0 radical (unpaired) electrons. The summed E-state index contributed by atoms with van der Waals surface area (Å²) < 4.78 is 32.8. The SMILES string of the molecule is Cc1ccc([N+](=O)[O-])cc1S(=O)(=O)N1CCC(Oc2cc(C#N)ccn2)C1. The number of aromatic nitrogens is 1. The van der Waals surface area contributed by atoms with Crippen LogP contribution in [0.25, 0.3) is 0 Å². The number of hydrogen-bond acceptors (Lipinski definition) is 7. The molecule has 1 aliphatic rings. The number of nitriles is 1. The maximum absolute atomic E-state index is 12.9. The molecule has 0 aliphatic carbocycles. The van der Waals surface area contributed by atoms with Gasteiger partial charge in [-0.2, -0.15) is 9.57 Å². The lowest BCUT2D eigenvalue weighted by Crippen LogP contribution is -2.31. The number of pyridine rings is 1. The van der Waals surface area contributed by atoms with Gasteiger partial charge in [-0.25, -0.2) is 13.4 Å². The predicted octanol–water partition coefficient (Wildman–Crippen LogP) is 2.01. The average molecular weight is 388 g/mol. The summed E-state index contributed by atoms with van der Waals surface area (Å²) in [5.74, 6) is 0.254. The van der Waals surface area contributed by atoms with E-state index in [0.717, 1.165) is 6.07 Å². The van der Waals surface area contributed by atoms with Gasteiger partial charge in [-0.15, -0.1) is 0 Å². The van der Waals surface area contributed by atoms with E-state index in [1.54, 1.807) is 13.0 Å². The average Bonchev–Trinajstić information content (AvgIpc) is 3.11. The van der Waals surface area contributed by atoms with Gasteiger partial charge in [-0.3, -0.25) is 10.1 Å². The summed E-state index contributed by atoms with van der Waals surface area (Å²) in [6.45, 7) is 1.92. The van der Waals surface area contributed by atoms with Crippen LogP contribution >= 0.6 is 0 Å². The fraction of sp³-hybridized carbons (Fsp3) is 0.294. The number of hydrogen-bond donors (Lipinski definition) is 0. The summed E-state index contributed by atoms with van der Waals surface area (Å²) in [7, 11) is -3.89. The fourth-order valence-electron chi connectivity index (χ4n) is 2.85. The molecule has 1 aliphatic heterocycles. The first-order valence-corrected chi connectivity index (χ1v) is 9.53. The minimum Gasteiger partial charge on any atom is -0.473 e. The van der Waals surface area contributed by atoms with Crippen molar-refractivity contribution in [3.05, 3.63) is 57.8 Å². The van der Waals surface area contributed by atoms with E-state index in [1.807, 2.05) is 6.07 Å². The van der Waals surface area contributed by atoms with E-state index >= 15 is 0 Å². The summed E-state index contributed by atoms with van der Waals surface area (Å²) in [5.41, 5.74) is 0.562. The van der Waals surface area contributed by atoms with E-state index in [9.17, 15) is 18.5 Å². The summed E-state index contributed by atoms with van der Waals surface area (Å²) in [6, 6.07) is 8.80. The Morgan fingerprint density at radius 3 is 2.85 bits per heavy atom. The Labute approximate surface area is 156 Å². The van der Waals surface area contributed by atoms with Gasteiger partial charge >= 0.3 is 0 Å². The van der Waals surface area contributed by atoms with Crippen LogP contribution in [0.5, 0.6) is 5.88 Å². The first-order valence-electron chi connectivity index (χ1n) is 8.09. The standard InChI is InChI=1S/C17H16N4O5S/c1-12-2-3-14(21(22)23)9-16(12)27(24,25)20-7-5-15(11-20)26-17-8-13(10-18)4-6-19-17/h2-4,6,8-9,15H,5,7,11H2,1H3. The topological polar surface area (TPSA) is 126 Å². The van der Waals surface area contributed by atoms with Crippen LogP contribution in [0.15, 0.2) is 41.4 Å². The van der Waals surface area contributed by atoms with E-state index in [0.29, 0.717) is 17.5 Å². The van der Waals surface area contributed by atoms with Gasteiger partial charge < -0.3 is 4.74 Å². The highest BCUT2D eigenvalue weighted by molar-refractivity contribution is 7.89. The van der Waals surface area contributed by atoms with E-state index in [4.69, 9.17) is 10.00 Å². The molecule has 1 fully saturated rings. The molecule has 0 N–H and O–H groups in total. The van der Waals surface area contributed by atoms with Crippen LogP contribution in [-0.4, -0.2) is 41.8 Å². The third-order valence-electron chi connectivity index (χ3n) is 4.26. The smallest absolute Gasteiger partial charge is 0.270 e. The number of nitrogens with zero attached hydrogens (tertiary/aromatic N) is 4. The highest BCUT2D eigenvalue weighted by Crippen LogP contribution is 2.28. The van der Waals surface area contributed by atoms with Crippen molar-refractivity contribution >= 4 is 15.7 Å². The van der Waals surface area contributed by atoms with Gasteiger partial charge in [0.1, 0.15) is 6.10 Å². The van der Waals surface area contributed by atoms with Gasteiger partial charge in [0, 0.05) is 30.9 Å². The number of nitro benzene ring substituents is 1. The highest BCUT2D eigenvalue weighted by atomic mass is 32.2. The van der Waals surface area contributed by atoms with Crippen LogP contribution < -0.4 is 4.74 Å². The van der Waals surface area contributed by atoms with Crippen molar-refractivity contribution in [1.82, 2.24) is 9.29 Å². The van der Waals surface area contributed by atoms with Crippen molar-refractivity contribution in [3.8, 4) is 11.9 Å². The monoisotopic (exact) mass is 388 g/mol. The number of rotatable bonds is 5. The number of benzene rings is 1. The second kappa shape index (κ2) is 7.30. The molecule has 0 bridgehead atoms. The van der Waals surface area contributed by atoms with Crippen molar-refractivity contribution in [2.75, 3.05) is 13.1 Å². The lowest BCUT2D eigenvalue weighted by atomic mass is 10.2. The van der Waals surface area contributed by atoms with E-state index in [2.05, 4.69) is 4.98 Å². The molecule has 2 heterocycles. The molecule has 0 saturated carbocycles. The van der Waals surface area contributed by atoms with Gasteiger partial charge in [0.05, 0.1) is 28.0 Å². The molecule has 140 valence electrons. The summed E-state index contributed by atoms with van der Waals surface area (Å²) in [5, 5.41) is 19.9. The normalized spacial score (nSPS) is 17.4. The second-order valence-electron chi connectivity index (χ2n) is 6.09. The largest absolute Gasteiger partial charge is 0.473 e. The molecule has 1 atom stereocenters. The lowest BCUT2D eigenvalue weighted by Gasteiger charge is -2.18. The Hall–Kier alpha value is -3.03. The van der Waals surface area contributed by atoms with Gasteiger partial charge in [-0.1, -0.05) is 6.07 Å². The first-order chi connectivity index (χ1) is 12.8. The predicted molar refractivity (Wildman–Crippen MR) is 94.6 cm³/mol. The Morgan fingerprint density at radius 1 is 1.37 bits per heavy atom. The van der Waals surface area contributed by atoms with Crippen molar-refractivity contribution in [1.29, 1.82) is 5.26 Å². The molecular weight excluding hydrogens is 372 g/mol. The molecule has 0 amide bonds. The lowest BCUT2D eigenvalue weighted by molar-refractivity contribution is -0.385. The zero-order valence-electron chi connectivity index (χ0n) is 14.4. The molecule has 10 heteroatoms. The zero-order valence-corrected chi connectivity index (χ0v) is 15.2. The summed E-state index contributed by atoms with van der Waals surface area (Å²) in [6.07, 6.45) is 1.48. The third kappa shape index (κ3) is 3.89. The van der Waals surface area contributed by atoms with Crippen LogP contribution in [-0.2, 0) is 10.0 Å². The molecule has 2 aromatic rings. The molecule has 1 aromatic carbocycles. The number of aryl methyl sites for hydroxylation is 1. The van der Waals surface area contributed by atoms with E-state index in [-0.39, 0.29) is 29.6 Å². The molecule has 9 nitrogen and oxygen atoms in total. The minimum absolute atomic E-state index is 0.0815. The zero-order chi connectivity index (χ0) is 19.6. The van der Waals surface area contributed by atoms with Crippen molar-refractivity contribution in [2.45, 2.75) is 24.3 Å². The number of non-ortho nitro benzene ring substituents is 1. The summed E-state index contributed by atoms with van der Waals surface area (Å²) in [4.78, 5) is 14.3. The Kier molecular flexibility index (Phi) is 5.07. The minimum atomic E-state index is -3.89. The Morgan fingerprint density at radius 2 is 2.15 bits per heavy atom. The van der Waals surface area contributed by atoms with Crippen LogP contribution in [0, 0.1) is 28.4 Å². The quantitative estimate of drug-likeness (QED) is 0.566. The van der Waals surface area contributed by atoms with Crippen LogP contribution in [0.2, 0.25) is 0 Å². The van der Waals surface area contributed by atoms with Crippen LogP contribution in [0.4, 0.5) is 5.69 Å². The maximum Gasteiger partial charge on any atom is 0.270 e. The second-order valence-corrected chi connectivity index (χ2v) is 8.00. The van der Waals surface area contributed by atoms with Crippen molar-refractivity contribution < 1.29 is 18.1 Å². The van der Waals surface area contributed by atoms with Crippen molar-refractivity contribution in [3.63, 3.8) is 0 Å². The molecule has 0 spiro atoms. The molecule has 1 saturated heterocycles.